The number of nitrogens with one attached hydrogen (secondary N) is 2. The predicted octanol–water partition coefficient (Wildman–Crippen LogP) is 2.01. The number of hydrogen-bond donors (Lipinski definition) is 3. The van der Waals surface area contributed by atoms with Gasteiger partial charge in [-0.25, -0.2) is 4.39 Å². The molecule has 7 heteroatoms. The van der Waals surface area contributed by atoms with Gasteiger partial charge in [-0.2, -0.15) is 10.4 Å². The van der Waals surface area contributed by atoms with Crippen molar-refractivity contribution in [2.24, 2.45) is 10.8 Å². The van der Waals surface area contributed by atoms with Gasteiger partial charge in [0.1, 0.15) is 11.9 Å². The third-order valence-electron chi connectivity index (χ3n) is 1.90. The maximum absolute atomic E-state index is 13.4. The number of anilines is 1. The highest BCUT2D eigenvalue weighted by Crippen LogP contribution is 2.23. The molecule has 0 radical (unpaired) electrons. The molecule has 0 heterocycles. The van der Waals surface area contributed by atoms with Crippen LogP contribution in [0.15, 0.2) is 17.2 Å². The first-order valence-electron chi connectivity index (χ1n) is 4.49. The summed E-state index contributed by atoms with van der Waals surface area (Å²) in [4.78, 5) is 0. The molecular weight excluding hydrogens is 245 g/mol. The van der Waals surface area contributed by atoms with Crippen LogP contribution >= 0.6 is 11.6 Å². The topological polar surface area (TPSA) is 98.0 Å². The summed E-state index contributed by atoms with van der Waals surface area (Å²) in [5, 5.41) is 19.5. The molecular formula is C10H9ClFN5. The van der Waals surface area contributed by atoms with E-state index in [4.69, 9.17) is 28.0 Å². The van der Waals surface area contributed by atoms with E-state index >= 15 is 0 Å². The highest BCUT2D eigenvalue weighted by Gasteiger charge is 2.06. The molecule has 0 atom stereocenters. The van der Waals surface area contributed by atoms with Crippen LogP contribution in [-0.2, 0) is 0 Å². The Hall–Kier alpha value is -2.13. The highest BCUT2D eigenvalue weighted by molar-refractivity contribution is 6.45. The van der Waals surface area contributed by atoms with Crippen molar-refractivity contribution in [3.8, 4) is 6.07 Å². The molecule has 0 unspecified atom stereocenters. The zero-order valence-corrected chi connectivity index (χ0v) is 9.64. The number of halogens is 2. The molecule has 1 aromatic rings. The van der Waals surface area contributed by atoms with E-state index in [0.29, 0.717) is 10.6 Å². The van der Waals surface area contributed by atoms with Gasteiger partial charge in [-0.3, -0.25) is 10.8 Å². The van der Waals surface area contributed by atoms with Gasteiger partial charge in [0, 0.05) is 5.02 Å². The monoisotopic (exact) mass is 253 g/mol. The Balaban J connectivity index is 3.01. The van der Waals surface area contributed by atoms with Crippen molar-refractivity contribution in [1.82, 2.24) is 0 Å². The number of hydrogen-bond acceptors (Lipinski definition) is 4. The van der Waals surface area contributed by atoms with Crippen molar-refractivity contribution in [2.45, 2.75) is 6.92 Å². The van der Waals surface area contributed by atoms with E-state index in [1.54, 1.807) is 13.0 Å². The van der Waals surface area contributed by atoms with Gasteiger partial charge in [-0.1, -0.05) is 11.6 Å². The maximum atomic E-state index is 13.4. The van der Waals surface area contributed by atoms with Crippen molar-refractivity contribution in [1.29, 1.82) is 10.7 Å². The molecule has 0 amide bonds. The summed E-state index contributed by atoms with van der Waals surface area (Å²) in [6.07, 6.45) is 0. The van der Waals surface area contributed by atoms with Crippen LogP contribution in [0.3, 0.4) is 0 Å². The molecule has 0 aliphatic heterocycles. The first kappa shape index (κ1) is 12.9. The number of rotatable bonds is 3. The predicted molar refractivity (Wildman–Crippen MR) is 64.7 cm³/mol. The summed E-state index contributed by atoms with van der Waals surface area (Å²) in [7, 11) is 0. The molecule has 0 fully saturated rings. The number of nitriles is 1. The largest absolute Gasteiger partial charge is 0.382 e. The molecule has 5 nitrogen and oxygen atoms in total. The van der Waals surface area contributed by atoms with Crippen molar-refractivity contribution < 1.29 is 4.39 Å². The third kappa shape index (κ3) is 3.16. The van der Waals surface area contributed by atoms with Crippen LogP contribution in [-0.4, -0.2) is 11.5 Å². The lowest BCUT2D eigenvalue weighted by atomic mass is 10.2. The fraction of sp³-hybridized carbons (Fsp3) is 0.100. The van der Waals surface area contributed by atoms with Crippen molar-refractivity contribution >= 4 is 28.8 Å². The number of nitrogens with two attached hydrogens (primary N) is 1. The minimum atomic E-state index is -0.559. The summed E-state index contributed by atoms with van der Waals surface area (Å²) in [6, 6.07) is 4.17. The van der Waals surface area contributed by atoms with E-state index in [0.717, 1.165) is 0 Å². The SMILES string of the molecule is Cc1cc(F)c(N/N=C(\C#N)C(=N)N)cc1Cl. The second kappa shape index (κ2) is 5.27. The Kier molecular flexibility index (Phi) is 4.01. The fourth-order valence-electron chi connectivity index (χ4n) is 0.994. The average Bonchev–Trinajstić information content (AvgIpc) is 2.25. The average molecular weight is 254 g/mol. The van der Waals surface area contributed by atoms with E-state index in [1.807, 2.05) is 0 Å². The molecule has 0 bridgehead atoms. The van der Waals surface area contributed by atoms with Gasteiger partial charge in [-0.05, 0) is 24.6 Å². The van der Waals surface area contributed by atoms with Gasteiger partial charge in [0.15, 0.2) is 5.84 Å². The van der Waals surface area contributed by atoms with Gasteiger partial charge >= 0.3 is 0 Å². The molecule has 1 rings (SSSR count). The van der Waals surface area contributed by atoms with Gasteiger partial charge in [-0.15, -0.1) is 0 Å². The van der Waals surface area contributed by atoms with Crippen LogP contribution < -0.4 is 11.2 Å². The smallest absolute Gasteiger partial charge is 0.201 e. The minimum Gasteiger partial charge on any atom is -0.382 e. The normalized spacial score (nSPS) is 10.8. The van der Waals surface area contributed by atoms with E-state index in [2.05, 4.69) is 10.5 Å². The molecule has 0 saturated heterocycles. The molecule has 17 heavy (non-hydrogen) atoms. The lowest BCUT2D eigenvalue weighted by Gasteiger charge is -2.05. The molecule has 0 aliphatic rings. The quantitative estimate of drug-likeness (QED) is 0.437. The number of amidine groups is 1. The van der Waals surface area contributed by atoms with Crippen LogP contribution in [0.4, 0.5) is 10.1 Å². The zero-order valence-electron chi connectivity index (χ0n) is 8.88. The van der Waals surface area contributed by atoms with Crippen molar-refractivity contribution in [3.05, 3.63) is 28.5 Å². The van der Waals surface area contributed by atoms with Gasteiger partial charge in [0.25, 0.3) is 0 Å². The summed E-state index contributed by atoms with van der Waals surface area (Å²) < 4.78 is 13.4. The summed E-state index contributed by atoms with van der Waals surface area (Å²) in [5.41, 5.74) is 7.64. The number of hydrazone groups is 1. The molecule has 0 aliphatic carbocycles. The van der Waals surface area contributed by atoms with Crippen LogP contribution in [0.1, 0.15) is 5.56 Å². The standard InChI is InChI=1S/C10H9ClFN5/c1-5-2-7(12)8(3-6(5)11)16-17-9(4-13)10(14)15/h2-3,16H,1H3,(H3,14,15)/b17-9+. The van der Waals surface area contributed by atoms with Crippen LogP contribution in [0.2, 0.25) is 5.02 Å². The molecule has 0 aromatic heterocycles. The lowest BCUT2D eigenvalue weighted by Crippen LogP contribution is -2.22. The zero-order chi connectivity index (χ0) is 13.0. The van der Waals surface area contributed by atoms with Crippen molar-refractivity contribution in [2.75, 3.05) is 5.43 Å². The number of benzene rings is 1. The summed E-state index contributed by atoms with van der Waals surface area (Å²) in [5.74, 6) is -1.06. The van der Waals surface area contributed by atoms with Crippen LogP contribution in [0, 0.1) is 29.5 Å². The third-order valence-corrected chi connectivity index (χ3v) is 2.30. The fourth-order valence-corrected chi connectivity index (χ4v) is 1.16. The van der Waals surface area contributed by atoms with Crippen LogP contribution in [0.5, 0.6) is 0 Å². The molecule has 4 N–H and O–H groups in total. The molecule has 0 spiro atoms. The minimum absolute atomic E-state index is 0.00889. The van der Waals surface area contributed by atoms with E-state index in [9.17, 15) is 4.39 Å². The first-order chi connectivity index (χ1) is 7.95. The van der Waals surface area contributed by atoms with E-state index < -0.39 is 11.7 Å². The first-order valence-corrected chi connectivity index (χ1v) is 4.87. The maximum Gasteiger partial charge on any atom is 0.201 e. The Labute approximate surface area is 102 Å². The Morgan fingerprint density at radius 1 is 1.65 bits per heavy atom. The summed E-state index contributed by atoms with van der Waals surface area (Å²) >= 11 is 5.81. The Bertz CT molecular complexity index is 532. The molecule has 0 saturated carbocycles. The molecule has 1 aromatic carbocycles. The van der Waals surface area contributed by atoms with Crippen molar-refractivity contribution in [3.63, 3.8) is 0 Å². The number of nitrogens with zero attached hydrogens (tertiary/aromatic N) is 2. The Morgan fingerprint density at radius 2 is 2.29 bits per heavy atom. The van der Waals surface area contributed by atoms with E-state index in [-0.39, 0.29) is 11.4 Å². The summed E-state index contributed by atoms with van der Waals surface area (Å²) in [6.45, 7) is 1.66. The second-order valence-electron chi connectivity index (χ2n) is 3.18. The van der Waals surface area contributed by atoms with Gasteiger partial charge in [0.05, 0.1) is 5.69 Å². The van der Waals surface area contributed by atoms with Crippen LogP contribution in [0.25, 0.3) is 0 Å². The molecule has 88 valence electrons. The Morgan fingerprint density at radius 3 is 2.82 bits per heavy atom. The van der Waals surface area contributed by atoms with Gasteiger partial charge < -0.3 is 5.73 Å². The lowest BCUT2D eigenvalue weighted by molar-refractivity contribution is 0.629. The van der Waals surface area contributed by atoms with E-state index in [1.165, 1.54) is 12.1 Å². The number of aryl methyl sites for hydroxylation is 1. The van der Waals surface area contributed by atoms with Gasteiger partial charge in [0.2, 0.25) is 5.71 Å². The second-order valence-corrected chi connectivity index (χ2v) is 3.59. The highest BCUT2D eigenvalue weighted by atomic mass is 35.5.